The molecule has 1 aliphatic heterocycles. The zero-order valence-electron chi connectivity index (χ0n) is 11.7. The van der Waals surface area contributed by atoms with Crippen LogP contribution < -0.4 is 4.74 Å². The molecule has 0 bridgehead atoms. The predicted molar refractivity (Wildman–Crippen MR) is 78.1 cm³/mol. The predicted octanol–water partition coefficient (Wildman–Crippen LogP) is 2.34. The lowest BCUT2D eigenvalue weighted by Crippen LogP contribution is -2.26. The third-order valence-corrected chi connectivity index (χ3v) is 5.44. The quantitative estimate of drug-likeness (QED) is 0.942. The first-order valence-corrected chi connectivity index (χ1v) is 8.40. The van der Waals surface area contributed by atoms with Gasteiger partial charge in [0.1, 0.15) is 17.7 Å². The maximum absolute atomic E-state index is 13.3. The molecular formula is C16H15FO4S. The van der Waals surface area contributed by atoms with E-state index in [9.17, 15) is 12.8 Å². The first-order chi connectivity index (χ1) is 10.5. The molecule has 1 atom stereocenters. The van der Waals surface area contributed by atoms with Gasteiger partial charge in [-0.2, -0.15) is 0 Å². The van der Waals surface area contributed by atoms with E-state index in [1.54, 1.807) is 6.07 Å². The summed E-state index contributed by atoms with van der Waals surface area (Å²) in [6.07, 6.45) is 1.10. The topological polar surface area (TPSA) is 63.6 Å². The van der Waals surface area contributed by atoms with E-state index in [0.29, 0.717) is 12.2 Å². The minimum absolute atomic E-state index is 0.0513. The van der Waals surface area contributed by atoms with Crippen LogP contribution in [0, 0.1) is 5.82 Å². The Hall–Kier alpha value is -1.92. The fourth-order valence-corrected chi connectivity index (χ4v) is 3.78. The van der Waals surface area contributed by atoms with Gasteiger partial charge in [0.15, 0.2) is 0 Å². The molecule has 2 aromatic rings. The Morgan fingerprint density at radius 2 is 1.95 bits per heavy atom. The number of aliphatic hydroxyl groups excluding tert-OH is 1. The van der Waals surface area contributed by atoms with Crippen LogP contribution in [0.15, 0.2) is 52.3 Å². The Kier molecular flexibility index (Phi) is 3.88. The second-order valence-corrected chi connectivity index (χ2v) is 7.14. The lowest BCUT2D eigenvalue weighted by molar-refractivity contribution is 0.0975. The highest BCUT2D eigenvalue weighted by atomic mass is 32.2. The molecule has 3 rings (SSSR count). The van der Waals surface area contributed by atoms with Crippen molar-refractivity contribution in [2.45, 2.75) is 28.7 Å². The Bertz CT molecular complexity index is 802. The number of sulfone groups is 1. The number of aryl methyl sites for hydroxylation is 1. The molecule has 0 radical (unpaired) electrons. The van der Waals surface area contributed by atoms with Gasteiger partial charge in [-0.1, -0.05) is 12.1 Å². The van der Waals surface area contributed by atoms with E-state index in [4.69, 9.17) is 9.84 Å². The Labute approximate surface area is 128 Å². The van der Waals surface area contributed by atoms with Crippen molar-refractivity contribution in [3.63, 3.8) is 0 Å². The van der Waals surface area contributed by atoms with Gasteiger partial charge in [0, 0.05) is 0 Å². The number of aliphatic hydroxyl groups is 1. The third-order valence-electron chi connectivity index (χ3n) is 3.69. The highest BCUT2D eigenvalue weighted by Gasteiger charge is 2.23. The molecule has 0 saturated heterocycles. The summed E-state index contributed by atoms with van der Waals surface area (Å²) in [7, 11) is -3.80. The maximum Gasteiger partial charge on any atom is 0.206 e. The molecule has 0 spiro atoms. The van der Waals surface area contributed by atoms with Crippen LogP contribution in [0.25, 0.3) is 0 Å². The minimum Gasteiger partial charge on any atom is -0.488 e. The van der Waals surface area contributed by atoms with E-state index in [1.807, 2.05) is 0 Å². The van der Waals surface area contributed by atoms with Gasteiger partial charge in [-0.15, -0.1) is 0 Å². The number of rotatable bonds is 3. The lowest BCUT2D eigenvalue weighted by Gasteiger charge is -2.25. The first kappa shape index (κ1) is 15.0. The van der Waals surface area contributed by atoms with Crippen LogP contribution in [0.3, 0.4) is 0 Å². The normalized spacial score (nSPS) is 17.6. The average molecular weight is 322 g/mol. The standard InChI is InChI=1S/C16H15FO4S/c17-12-2-1-3-14(8-12)22(19,20)15-7-5-11-4-6-13(10-18)21-16(11)9-15/h1-3,5,7-9,13,18H,4,6,10H2. The Balaban J connectivity index is 2.02. The number of fused-ring (bicyclic) bond motifs is 1. The van der Waals surface area contributed by atoms with Crippen LogP contribution in [0.2, 0.25) is 0 Å². The van der Waals surface area contributed by atoms with Crippen LogP contribution in [0.5, 0.6) is 5.75 Å². The van der Waals surface area contributed by atoms with Crippen molar-refractivity contribution < 1.29 is 22.7 Å². The van der Waals surface area contributed by atoms with E-state index in [-0.39, 0.29) is 22.5 Å². The number of ether oxygens (including phenoxy) is 1. The summed E-state index contributed by atoms with van der Waals surface area (Å²) in [5.41, 5.74) is 0.905. The van der Waals surface area contributed by atoms with Crippen molar-refractivity contribution in [2.75, 3.05) is 6.61 Å². The maximum atomic E-state index is 13.3. The Morgan fingerprint density at radius 3 is 2.68 bits per heavy atom. The van der Waals surface area contributed by atoms with E-state index < -0.39 is 15.7 Å². The summed E-state index contributed by atoms with van der Waals surface area (Å²) in [5.74, 6) is -0.140. The molecule has 0 saturated carbocycles. The number of hydrogen-bond acceptors (Lipinski definition) is 4. The minimum atomic E-state index is -3.80. The molecule has 22 heavy (non-hydrogen) atoms. The molecule has 116 valence electrons. The molecule has 0 aliphatic carbocycles. The van der Waals surface area contributed by atoms with Crippen molar-refractivity contribution in [1.29, 1.82) is 0 Å². The van der Waals surface area contributed by atoms with E-state index >= 15 is 0 Å². The van der Waals surface area contributed by atoms with Gasteiger partial charge in [-0.3, -0.25) is 0 Å². The highest BCUT2D eigenvalue weighted by molar-refractivity contribution is 7.91. The number of hydrogen-bond donors (Lipinski definition) is 1. The molecule has 1 heterocycles. The molecule has 1 aliphatic rings. The summed E-state index contributed by atoms with van der Waals surface area (Å²) in [6, 6.07) is 9.55. The Morgan fingerprint density at radius 1 is 1.18 bits per heavy atom. The summed E-state index contributed by atoms with van der Waals surface area (Å²) in [5, 5.41) is 9.17. The summed E-state index contributed by atoms with van der Waals surface area (Å²) >= 11 is 0. The molecule has 0 fully saturated rings. The molecule has 4 nitrogen and oxygen atoms in total. The summed E-state index contributed by atoms with van der Waals surface area (Å²) in [6.45, 7) is -0.111. The molecule has 0 aromatic heterocycles. The second-order valence-electron chi connectivity index (χ2n) is 5.19. The third kappa shape index (κ3) is 2.71. The van der Waals surface area contributed by atoms with Gasteiger partial charge in [-0.05, 0) is 48.7 Å². The SMILES string of the molecule is O=S(=O)(c1cccc(F)c1)c1ccc2c(c1)OC(CO)CC2. The van der Waals surface area contributed by atoms with Crippen molar-refractivity contribution in [2.24, 2.45) is 0 Å². The van der Waals surface area contributed by atoms with E-state index in [0.717, 1.165) is 18.1 Å². The van der Waals surface area contributed by atoms with Crippen LogP contribution in [-0.2, 0) is 16.3 Å². The summed E-state index contributed by atoms with van der Waals surface area (Å²) < 4.78 is 44.0. The van der Waals surface area contributed by atoms with E-state index in [2.05, 4.69) is 0 Å². The highest BCUT2D eigenvalue weighted by Crippen LogP contribution is 2.32. The molecule has 0 amide bonds. The zero-order valence-corrected chi connectivity index (χ0v) is 12.5. The van der Waals surface area contributed by atoms with Gasteiger partial charge in [-0.25, -0.2) is 12.8 Å². The van der Waals surface area contributed by atoms with Crippen LogP contribution in [0.1, 0.15) is 12.0 Å². The van der Waals surface area contributed by atoms with Crippen LogP contribution in [0.4, 0.5) is 4.39 Å². The van der Waals surface area contributed by atoms with Crippen molar-refractivity contribution in [1.82, 2.24) is 0 Å². The van der Waals surface area contributed by atoms with Crippen LogP contribution >= 0.6 is 0 Å². The molecule has 2 aromatic carbocycles. The van der Waals surface area contributed by atoms with Crippen molar-refractivity contribution in [3.05, 3.63) is 53.8 Å². The molecular weight excluding hydrogens is 307 g/mol. The van der Waals surface area contributed by atoms with Gasteiger partial charge in [0.05, 0.1) is 16.4 Å². The van der Waals surface area contributed by atoms with E-state index in [1.165, 1.54) is 30.3 Å². The van der Waals surface area contributed by atoms with Crippen molar-refractivity contribution in [3.8, 4) is 5.75 Å². The van der Waals surface area contributed by atoms with Gasteiger partial charge in [0.25, 0.3) is 0 Å². The van der Waals surface area contributed by atoms with Crippen molar-refractivity contribution >= 4 is 9.84 Å². The van der Waals surface area contributed by atoms with Gasteiger partial charge < -0.3 is 9.84 Å². The second kappa shape index (κ2) is 5.70. The zero-order chi connectivity index (χ0) is 15.7. The number of benzene rings is 2. The largest absolute Gasteiger partial charge is 0.488 e. The first-order valence-electron chi connectivity index (χ1n) is 6.92. The monoisotopic (exact) mass is 322 g/mol. The van der Waals surface area contributed by atoms with Gasteiger partial charge >= 0.3 is 0 Å². The van der Waals surface area contributed by atoms with Gasteiger partial charge in [0.2, 0.25) is 9.84 Å². The fourth-order valence-electron chi connectivity index (χ4n) is 2.47. The lowest BCUT2D eigenvalue weighted by atomic mass is 10.0. The van der Waals surface area contributed by atoms with Crippen LogP contribution in [-0.4, -0.2) is 26.2 Å². The fraction of sp³-hybridized carbons (Fsp3) is 0.250. The number of halogens is 1. The molecule has 1 unspecified atom stereocenters. The summed E-state index contributed by atoms with van der Waals surface area (Å²) in [4.78, 5) is -0.0441. The average Bonchev–Trinajstić information content (AvgIpc) is 2.53. The molecule has 1 N–H and O–H groups in total. The molecule has 6 heteroatoms. The smallest absolute Gasteiger partial charge is 0.206 e.